The molecule has 0 bridgehead atoms. The second-order valence-corrected chi connectivity index (χ2v) is 5.85. The quantitative estimate of drug-likeness (QED) is 0.890. The number of thiophene rings is 1. The van der Waals surface area contributed by atoms with Crippen LogP contribution in [0.1, 0.15) is 36.0 Å². The highest BCUT2D eigenvalue weighted by Crippen LogP contribution is 2.24. The molecule has 2 heterocycles. The van der Waals surface area contributed by atoms with Crippen LogP contribution in [0.3, 0.4) is 0 Å². The van der Waals surface area contributed by atoms with Crippen LogP contribution in [0.15, 0.2) is 17.6 Å². The molecule has 0 aliphatic rings. The highest BCUT2D eigenvalue weighted by molar-refractivity contribution is 7.10. The first-order valence-corrected chi connectivity index (χ1v) is 7.43. The zero-order valence-corrected chi connectivity index (χ0v) is 13.0. The number of amides is 1. The molecule has 6 heteroatoms. The Morgan fingerprint density at radius 1 is 1.55 bits per heavy atom. The van der Waals surface area contributed by atoms with E-state index in [2.05, 4.69) is 29.6 Å². The number of carbonyl (C=O) groups excluding carboxylic acids is 1. The van der Waals surface area contributed by atoms with Crippen molar-refractivity contribution in [1.29, 1.82) is 0 Å². The molecule has 20 heavy (non-hydrogen) atoms. The fourth-order valence-corrected chi connectivity index (χ4v) is 2.86. The minimum Gasteiger partial charge on any atom is -0.325 e. The first-order chi connectivity index (χ1) is 9.49. The molecule has 1 amide bonds. The van der Waals surface area contributed by atoms with E-state index in [0.29, 0.717) is 0 Å². The number of rotatable bonds is 5. The van der Waals surface area contributed by atoms with Crippen LogP contribution in [0.4, 0.5) is 5.69 Å². The number of aromatic nitrogens is 2. The maximum atomic E-state index is 11.1. The number of nitrogens with one attached hydrogen (secondary N) is 2. The Balaban J connectivity index is 2.00. The Morgan fingerprint density at radius 2 is 2.30 bits per heavy atom. The molecule has 2 aromatic rings. The van der Waals surface area contributed by atoms with Crippen LogP contribution in [0.2, 0.25) is 0 Å². The molecule has 1 atom stereocenters. The largest absolute Gasteiger partial charge is 0.325 e. The van der Waals surface area contributed by atoms with Gasteiger partial charge < -0.3 is 10.6 Å². The van der Waals surface area contributed by atoms with Gasteiger partial charge in [0.25, 0.3) is 0 Å². The fraction of sp³-hybridized carbons (Fsp3) is 0.429. The van der Waals surface area contributed by atoms with Crippen molar-refractivity contribution >= 4 is 22.9 Å². The zero-order valence-electron chi connectivity index (χ0n) is 12.2. The molecule has 108 valence electrons. The van der Waals surface area contributed by atoms with Crippen molar-refractivity contribution in [3.8, 4) is 0 Å². The van der Waals surface area contributed by atoms with Gasteiger partial charge in [-0.25, -0.2) is 0 Å². The third-order valence-electron chi connectivity index (χ3n) is 3.36. The van der Waals surface area contributed by atoms with E-state index in [9.17, 15) is 4.79 Å². The highest BCUT2D eigenvalue weighted by atomic mass is 32.1. The van der Waals surface area contributed by atoms with Crippen LogP contribution < -0.4 is 10.6 Å². The van der Waals surface area contributed by atoms with Gasteiger partial charge in [-0.3, -0.25) is 9.48 Å². The summed E-state index contributed by atoms with van der Waals surface area (Å²) in [5.41, 5.74) is 3.26. The smallest absolute Gasteiger partial charge is 0.221 e. The molecular formula is C14H20N4OS. The van der Waals surface area contributed by atoms with Gasteiger partial charge in [0.15, 0.2) is 0 Å². The predicted octanol–water partition coefficient (Wildman–Crippen LogP) is 2.60. The molecule has 0 radical (unpaired) electrons. The number of anilines is 1. The van der Waals surface area contributed by atoms with Gasteiger partial charge in [-0.1, -0.05) is 0 Å². The topological polar surface area (TPSA) is 59.0 Å². The standard InChI is InChI=1S/C14H20N4OS/c1-9(12-7-16-18(4)10(12)2)15-8-14-13(5-6-20-14)17-11(3)19/h5-7,9,15H,8H2,1-4H3,(H,17,19). The van der Waals surface area contributed by atoms with Crippen LogP contribution in [-0.2, 0) is 18.4 Å². The molecule has 1 unspecified atom stereocenters. The Bertz CT molecular complexity index is 602. The molecule has 0 saturated carbocycles. The average Bonchev–Trinajstić information content (AvgIpc) is 2.95. The molecular weight excluding hydrogens is 272 g/mol. The minimum atomic E-state index is -0.0409. The lowest BCUT2D eigenvalue weighted by molar-refractivity contribution is -0.114. The Labute approximate surface area is 123 Å². The maximum absolute atomic E-state index is 11.1. The summed E-state index contributed by atoms with van der Waals surface area (Å²) in [6, 6.07) is 2.15. The van der Waals surface area contributed by atoms with Gasteiger partial charge in [0.2, 0.25) is 5.91 Å². The molecule has 0 spiro atoms. The lowest BCUT2D eigenvalue weighted by Gasteiger charge is -2.14. The molecule has 2 aromatic heterocycles. The second-order valence-electron chi connectivity index (χ2n) is 4.85. The lowest BCUT2D eigenvalue weighted by atomic mass is 10.1. The first-order valence-electron chi connectivity index (χ1n) is 6.55. The number of nitrogens with zero attached hydrogens (tertiary/aromatic N) is 2. The van der Waals surface area contributed by atoms with Crippen LogP contribution in [0, 0.1) is 6.92 Å². The molecule has 2 rings (SSSR count). The molecule has 2 N–H and O–H groups in total. The van der Waals surface area contributed by atoms with Crippen LogP contribution in [0.5, 0.6) is 0 Å². The monoisotopic (exact) mass is 292 g/mol. The molecule has 5 nitrogen and oxygen atoms in total. The number of aryl methyl sites for hydroxylation is 1. The normalized spacial score (nSPS) is 12.4. The first kappa shape index (κ1) is 14.7. The molecule has 0 aliphatic heterocycles. The summed E-state index contributed by atoms with van der Waals surface area (Å²) in [5.74, 6) is -0.0409. The summed E-state index contributed by atoms with van der Waals surface area (Å²) in [4.78, 5) is 12.3. The SMILES string of the molecule is CC(=O)Nc1ccsc1CNC(C)c1cnn(C)c1C. The van der Waals surface area contributed by atoms with E-state index in [4.69, 9.17) is 0 Å². The van der Waals surface area contributed by atoms with Crippen molar-refractivity contribution in [2.24, 2.45) is 7.05 Å². The summed E-state index contributed by atoms with van der Waals surface area (Å²) in [7, 11) is 1.94. The van der Waals surface area contributed by atoms with Gasteiger partial charge in [-0.15, -0.1) is 11.3 Å². The average molecular weight is 292 g/mol. The van der Waals surface area contributed by atoms with Crippen molar-refractivity contribution in [2.75, 3.05) is 5.32 Å². The van der Waals surface area contributed by atoms with Crippen molar-refractivity contribution < 1.29 is 4.79 Å². The zero-order chi connectivity index (χ0) is 14.7. The van der Waals surface area contributed by atoms with Crippen molar-refractivity contribution in [3.63, 3.8) is 0 Å². The summed E-state index contributed by atoms with van der Waals surface area (Å²) in [6.07, 6.45) is 1.90. The van der Waals surface area contributed by atoms with Crippen LogP contribution in [0.25, 0.3) is 0 Å². The van der Waals surface area contributed by atoms with Gasteiger partial charge in [0.05, 0.1) is 11.9 Å². The maximum Gasteiger partial charge on any atom is 0.221 e. The van der Waals surface area contributed by atoms with E-state index < -0.39 is 0 Å². The molecule has 0 saturated heterocycles. The predicted molar refractivity (Wildman–Crippen MR) is 81.8 cm³/mol. The van der Waals surface area contributed by atoms with E-state index in [0.717, 1.165) is 17.1 Å². The van der Waals surface area contributed by atoms with Gasteiger partial charge in [0.1, 0.15) is 0 Å². The Morgan fingerprint density at radius 3 is 2.90 bits per heavy atom. The highest BCUT2D eigenvalue weighted by Gasteiger charge is 2.13. The van der Waals surface area contributed by atoms with Crippen molar-refractivity contribution in [2.45, 2.75) is 33.4 Å². The minimum absolute atomic E-state index is 0.0409. The molecule has 0 aromatic carbocycles. The third kappa shape index (κ3) is 3.26. The number of hydrogen-bond donors (Lipinski definition) is 2. The van der Waals surface area contributed by atoms with Gasteiger partial charge in [-0.05, 0) is 25.3 Å². The van der Waals surface area contributed by atoms with Crippen LogP contribution >= 0.6 is 11.3 Å². The summed E-state index contributed by atoms with van der Waals surface area (Å²) in [6.45, 7) is 6.43. The number of carbonyl (C=O) groups is 1. The van der Waals surface area contributed by atoms with Crippen LogP contribution in [-0.4, -0.2) is 15.7 Å². The molecule has 0 aliphatic carbocycles. The summed E-state index contributed by atoms with van der Waals surface area (Å²) in [5, 5.41) is 12.6. The van der Waals surface area contributed by atoms with E-state index in [1.165, 1.54) is 18.2 Å². The van der Waals surface area contributed by atoms with Gasteiger partial charge in [0, 0.05) is 42.7 Å². The fourth-order valence-electron chi connectivity index (χ4n) is 2.08. The lowest BCUT2D eigenvalue weighted by Crippen LogP contribution is -2.19. The third-order valence-corrected chi connectivity index (χ3v) is 4.29. The Hall–Kier alpha value is -1.66. The summed E-state index contributed by atoms with van der Waals surface area (Å²) < 4.78 is 1.88. The van der Waals surface area contributed by atoms with E-state index in [1.54, 1.807) is 11.3 Å². The summed E-state index contributed by atoms with van der Waals surface area (Å²) >= 11 is 1.64. The van der Waals surface area contributed by atoms with Gasteiger partial charge in [-0.2, -0.15) is 5.10 Å². The second kappa shape index (κ2) is 6.19. The van der Waals surface area contributed by atoms with Gasteiger partial charge >= 0.3 is 0 Å². The Kier molecular flexibility index (Phi) is 4.57. The number of hydrogen-bond acceptors (Lipinski definition) is 4. The van der Waals surface area contributed by atoms with E-state index in [1.807, 2.05) is 29.4 Å². The van der Waals surface area contributed by atoms with Crippen molar-refractivity contribution in [1.82, 2.24) is 15.1 Å². The van der Waals surface area contributed by atoms with E-state index in [-0.39, 0.29) is 11.9 Å². The molecule has 0 fully saturated rings. The van der Waals surface area contributed by atoms with E-state index >= 15 is 0 Å². The van der Waals surface area contributed by atoms with Crippen molar-refractivity contribution in [3.05, 3.63) is 33.8 Å².